The number of hydroxylamine groups is 2. The van der Waals surface area contributed by atoms with E-state index >= 15 is 0 Å². The Hall–Kier alpha value is -1.53. The van der Waals surface area contributed by atoms with Crippen molar-refractivity contribution in [3.63, 3.8) is 0 Å². The van der Waals surface area contributed by atoms with Crippen LogP contribution in [0.4, 0.5) is 5.69 Å². The standard InChI is InChI=1S/C21H19BrCl3N3O5S/c1-33-18-5-3-14(34(31,32)19-12-26-16-10-13(22)2-4-15(16)19)11-17(18)28(30)8-6-27(7-9-28)20(29)21(23,24)25/h2-5,10-12,26H,6-9H2,1H3. The Balaban J connectivity index is 1.70. The molecule has 4 rings (SSSR count). The topological polar surface area (TPSA) is 103 Å². The molecule has 1 aliphatic rings. The minimum atomic E-state index is -3.96. The van der Waals surface area contributed by atoms with E-state index in [1.54, 1.807) is 18.2 Å². The van der Waals surface area contributed by atoms with Gasteiger partial charge in [-0.3, -0.25) is 4.79 Å². The fraction of sp³-hybridized carbons (Fsp3) is 0.286. The Morgan fingerprint density at radius 1 is 1.18 bits per heavy atom. The van der Waals surface area contributed by atoms with Gasteiger partial charge < -0.3 is 24.5 Å². The number of carbonyl (C=O) groups excluding carboxylic acids is 1. The van der Waals surface area contributed by atoms with Gasteiger partial charge in [-0.25, -0.2) is 8.42 Å². The first-order valence-electron chi connectivity index (χ1n) is 10.0. The number of alkyl halides is 3. The molecule has 0 spiro atoms. The van der Waals surface area contributed by atoms with E-state index in [9.17, 15) is 18.4 Å². The van der Waals surface area contributed by atoms with Crippen LogP contribution in [-0.2, 0) is 14.6 Å². The van der Waals surface area contributed by atoms with E-state index in [1.807, 2.05) is 0 Å². The molecule has 0 aliphatic carbocycles. The van der Waals surface area contributed by atoms with Gasteiger partial charge in [-0.2, -0.15) is 0 Å². The van der Waals surface area contributed by atoms with Crippen LogP contribution in [-0.4, -0.2) is 61.3 Å². The number of quaternary nitrogens is 1. The average molecular weight is 612 g/mol. The van der Waals surface area contributed by atoms with Crippen molar-refractivity contribution in [2.45, 2.75) is 13.6 Å². The number of rotatable bonds is 4. The molecule has 182 valence electrons. The van der Waals surface area contributed by atoms with Crippen LogP contribution in [0.5, 0.6) is 5.75 Å². The molecule has 0 unspecified atom stereocenters. The Bertz CT molecular complexity index is 1370. The Kier molecular flexibility index (Phi) is 6.89. The minimum Gasteiger partial charge on any atom is -0.627 e. The second-order valence-corrected chi connectivity index (χ2v) is 12.9. The molecule has 1 amide bonds. The van der Waals surface area contributed by atoms with E-state index in [2.05, 4.69) is 20.9 Å². The summed E-state index contributed by atoms with van der Waals surface area (Å²) in [7, 11) is -2.56. The van der Waals surface area contributed by atoms with Crippen molar-refractivity contribution in [1.82, 2.24) is 14.5 Å². The molecule has 1 aliphatic heterocycles. The third-order valence-electron chi connectivity index (χ3n) is 5.79. The lowest BCUT2D eigenvalue weighted by atomic mass is 10.2. The monoisotopic (exact) mass is 609 g/mol. The van der Waals surface area contributed by atoms with Gasteiger partial charge in [-0.1, -0.05) is 56.8 Å². The Morgan fingerprint density at radius 2 is 1.85 bits per heavy atom. The summed E-state index contributed by atoms with van der Waals surface area (Å²) in [5.41, 5.74) is 0.802. The van der Waals surface area contributed by atoms with Crippen LogP contribution in [0, 0.1) is 5.21 Å². The molecule has 8 nitrogen and oxygen atoms in total. The number of halogens is 4. The molecule has 3 aromatic rings. The zero-order valence-corrected chi connectivity index (χ0v) is 22.4. The molecule has 1 fully saturated rings. The maximum atomic E-state index is 13.8. The highest BCUT2D eigenvalue weighted by Crippen LogP contribution is 2.39. The molecule has 1 N–H and O–H groups in total. The van der Waals surface area contributed by atoms with Crippen LogP contribution in [0.2, 0.25) is 0 Å². The van der Waals surface area contributed by atoms with E-state index < -0.39 is 24.2 Å². The van der Waals surface area contributed by atoms with Gasteiger partial charge in [0.05, 0.1) is 30.0 Å². The molecule has 0 radical (unpaired) electrons. The van der Waals surface area contributed by atoms with E-state index in [-0.39, 0.29) is 47.4 Å². The van der Waals surface area contributed by atoms with Gasteiger partial charge >= 0.3 is 0 Å². The van der Waals surface area contributed by atoms with Gasteiger partial charge in [0.1, 0.15) is 13.1 Å². The van der Waals surface area contributed by atoms with Gasteiger partial charge in [-0.05, 0) is 24.3 Å². The Labute approximate surface area is 219 Å². The largest absolute Gasteiger partial charge is 0.627 e. The summed E-state index contributed by atoms with van der Waals surface area (Å²) in [6.07, 6.45) is 1.43. The van der Waals surface area contributed by atoms with Crippen LogP contribution in [0.3, 0.4) is 0 Å². The summed E-state index contributed by atoms with van der Waals surface area (Å²) < 4.78 is 30.2. The van der Waals surface area contributed by atoms with Crippen LogP contribution < -0.4 is 9.38 Å². The molecule has 13 heteroatoms. The van der Waals surface area contributed by atoms with Crippen molar-refractivity contribution in [2.24, 2.45) is 0 Å². The van der Waals surface area contributed by atoms with Gasteiger partial charge in [0.15, 0.2) is 11.4 Å². The third-order valence-corrected chi connectivity index (χ3v) is 8.56. The first-order valence-corrected chi connectivity index (χ1v) is 13.4. The number of nitrogens with one attached hydrogen (secondary N) is 1. The average Bonchev–Trinajstić information content (AvgIpc) is 3.22. The van der Waals surface area contributed by atoms with E-state index in [0.29, 0.717) is 10.9 Å². The molecular formula is C21H19BrCl3N3O5S. The molecule has 0 bridgehead atoms. The lowest BCUT2D eigenvalue weighted by molar-refractivity contribution is -0.131. The summed E-state index contributed by atoms with van der Waals surface area (Å²) in [5, 5.41) is 14.3. The summed E-state index contributed by atoms with van der Waals surface area (Å²) in [6, 6.07) is 9.45. The van der Waals surface area contributed by atoms with Gasteiger partial charge in [0.25, 0.3) is 9.70 Å². The summed E-state index contributed by atoms with van der Waals surface area (Å²) >= 11 is 20.4. The zero-order chi connectivity index (χ0) is 24.9. The van der Waals surface area contributed by atoms with Crippen molar-refractivity contribution in [3.8, 4) is 5.75 Å². The van der Waals surface area contributed by atoms with E-state index in [1.165, 1.54) is 36.4 Å². The highest BCUT2D eigenvalue weighted by atomic mass is 79.9. The minimum absolute atomic E-state index is 0.0354. The number of amides is 1. The SMILES string of the molecule is COc1ccc(S(=O)(=O)c2c[nH]c3cc(Br)ccc23)cc1[N+]1([O-])CCN(C(=O)C(Cl)(Cl)Cl)CC1. The number of ether oxygens (including phenoxy) is 1. The number of fused-ring (bicyclic) bond motifs is 1. The number of piperazine rings is 1. The second-order valence-electron chi connectivity index (χ2n) is 7.81. The number of carbonyl (C=O) groups is 1. The van der Waals surface area contributed by atoms with Crippen LogP contribution >= 0.6 is 50.7 Å². The normalized spacial score (nSPS) is 16.6. The number of aromatic amines is 1. The van der Waals surface area contributed by atoms with E-state index in [0.717, 1.165) is 4.47 Å². The van der Waals surface area contributed by atoms with Crippen molar-refractivity contribution >= 4 is 83.1 Å². The smallest absolute Gasteiger partial charge is 0.275 e. The van der Waals surface area contributed by atoms with E-state index in [4.69, 9.17) is 39.5 Å². The Morgan fingerprint density at radius 3 is 2.47 bits per heavy atom. The number of aromatic nitrogens is 1. The number of hydrogen-bond donors (Lipinski definition) is 1. The first kappa shape index (κ1) is 25.6. The van der Waals surface area contributed by atoms with Crippen LogP contribution in [0.25, 0.3) is 10.9 Å². The molecular weight excluding hydrogens is 593 g/mol. The summed E-state index contributed by atoms with van der Waals surface area (Å²) in [6.45, 7) is -0.0533. The zero-order valence-electron chi connectivity index (χ0n) is 17.7. The molecule has 2 aromatic carbocycles. The molecule has 1 saturated heterocycles. The van der Waals surface area contributed by atoms with Crippen molar-refractivity contribution in [3.05, 3.63) is 52.3 Å². The van der Waals surface area contributed by atoms with Crippen molar-refractivity contribution < 1.29 is 17.9 Å². The number of nitrogens with zero attached hydrogens (tertiary/aromatic N) is 2. The van der Waals surface area contributed by atoms with Crippen molar-refractivity contribution in [2.75, 3.05) is 33.3 Å². The van der Waals surface area contributed by atoms with Crippen molar-refractivity contribution in [1.29, 1.82) is 0 Å². The van der Waals surface area contributed by atoms with Gasteiger partial charge in [0.2, 0.25) is 9.84 Å². The highest BCUT2D eigenvalue weighted by Gasteiger charge is 2.40. The second kappa shape index (κ2) is 9.16. The number of hydrogen-bond acceptors (Lipinski definition) is 5. The predicted octanol–water partition coefficient (Wildman–Crippen LogP) is 4.79. The first-order chi connectivity index (χ1) is 15.9. The summed E-state index contributed by atoms with van der Waals surface area (Å²) in [5.74, 6) is -0.462. The fourth-order valence-electron chi connectivity index (χ4n) is 3.99. The lowest BCUT2D eigenvalue weighted by Gasteiger charge is -2.48. The number of benzene rings is 2. The molecule has 0 saturated carbocycles. The maximum absolute atomic E-state index is 13.8. The number of H-pyrrole nitrogens is 1. The molecule has 34 heavy (non-hydrogen) atoms. The van der Waals surface area contributed by atoms with Gasteiger partial charge in [0, 0.05) is 27.6 Å². The lowest BCUT2D eigenvalue weighted by Crippen LogP contribution is -2.59. The molecule has 0 atom stereocenters. The highest BCUT2D eigenvalue weighted by molar-refractivity contribution is 9.10. The summed E-state index contributed by atoms with van der Waals surface area (Å²) in [4.78, 5) is 16.6. The van der Waals surface area contributed by atoms with Crippen LogP contribution in [0.15, 0.2) is 56.9 Å². The molecule has 1 aromatic heterocycles. The number of methoxy groups -OCH3 is 1. The molecule has 2 heterocycles. The number of sulfone groups is 1. The third kappa shape index (κ3) is 4.65. The quantitative estimate of drug-likeness (QED) is 0.260. The van der Waals surface area contributed by atoms with Gasteiger partial charge in [-0.15, -0.1) is 0 Å². The fourth-order valence-corrected chi connectivity index (χ4v) is 6.16. The van der Waals surface area contributed by atoms with Crippen LogP contribution in [0.1, 0.15) is 0 Å². The predicted molar refractivity (Wildman–Crippen MR) is 136 cm³/mol. The maximum Gasteiger partial charge on any atom is 0.275 e.